The second-order valence-electron chi connectivity index (χ2n) is 2.97. The van der Waals surface area contributed by atoms with Gasteiger partial charge in [0.25, 0.3) is 0 Å². The molecule has 0 aliphatic rings. The van der Waals surface area contributed by atoms with Crippen molar-refractivity contribution in [3.05, 3.63) is 46.0 Å². The number of thiophene rings is 1. The number of hydrogen-bond acceptors (Lipinski definition) is 4. The number of nitrogens with two attached hydrogens (primary N) is 1. The zero-order chi connectivity index (χ0) is 9.97. The Morgan fingerprint density at radius 1 is 1.43 bits per heavy atom. The molecule has 2 rings (SSSR count). The molecule has 0 aliphatic heterocycles. The molecule has 14 heavy (non-hydrogen) atoms. The van der Waals surface area contributed by atoms with Crippen LogP contribution in [-0.4, -0.2) is 5.11 Å². The third kappa shape index (κ3) is 1.72. The molecule has 0 bridgehead atoms. The second-order valence-corrected chi connectivity index (χ2v) is 4.17. The van der Waals surface area contributed by atoms with Crippen LogP contribution < -0.4 is 5.73 Å². The maximum absolute atomic E-state index is 9.90. The van der Waals surface area contributed by atoms with E-state index in [1.54, 1.807) is 18.6 Å². The zero-order valence-electron chi connectivity index (χ0n) is 7.51. The maximum atomic E-state index is 9.90. The lowest BCUT2D eigenvalue weighted by atomic mass is 10.2. The highest BCUT2D eigenvalue weighted by atomic mass is 32.1. The predicted molar refractivity (Wildman–Crippen MR) is 55.0 cm³/mol. The van der Waals surface area contributed by atoms with Gasteiger partial charge >= 0.3 is 0 Å². The maximum Gasteiger partial charge on any atom is 0.116 e. The average Bonchev–Trinajstić information content (AvgIpc) is 2.88. The predicted octanol–water partition coefficient (Wildman–Crippen LogP) is 1.88. The van der Waals surface area contributed by atoms with Crippen LogP contribution in [0.5, 0.6) is 0 Å². The Morgan fingerprint density at radius 3 is 2.86 bits per heavy atom. The number of furan rings is 1. The molecule has 0 aliphatic carbocycles. The third-order valence-electron chi connectivity index (χ3n) is 2.01. The summed E-state index contributed by atoms with van der Waals surface area (Å²) in [5.74, 6) is 0. The van der Waals surface area contributed by atoms with Gasteiger partial charge in [-0.15, -0.1) is 11.3 Å². The lowest BCUT2D eigenvalue weighted by molar-refractivity contribution is 0.223. The van der Waals surface area contributed by atoms with Crippen molar-refractivity contribution in [1.29, 1.82) is 0 Å². The van der Waals surface area contributed by atoms with Crippen LogP contribution in [0.3, 0.4) is 0 Å². The van der Waals surface area contributed by atoms with Gasteiger partial charge in [0, 0.05) is 21.9 Å². The van der Waals surface area contributed by atoms with E-state index in [2.05, 4.69) is 0 Å². The Kier molecular flexibility index (Phi) is 2.67. The molecule has 74 valence electrons. The first-order valence-electron chi connectivity index (χ1n) is 4.30. The summed E-state index contributed by atoms with van der Waals surface area (Å²) in [5, 5.41) is 9.90. The minimum Gasteiger partial charge on any atom is -0.472 e. The van der Waals surface area contributed by atoms with Crippen LogP contribution in [0.25, 0.3) is 0 Å². The second kappa shape index (κ2) is 3.96. The van der Waals surface area contributed by atoms with E-state index in [0.29, 0.717) is 6.54 Å². The summed E-state index contributed by atoms with van der Waals surface area (Å²) in [5.41, 5.74) is 6.27. The zero-order valence-corrected chi connectivity index (χ0v) is 8.33. The number of rotatable bonds is 3. The summed E-state index contributed by atoms with van der Waals surface area (Å²) in [4.78, 5) is 1.97. The normalized spacial score (nSPS) is 13.0. The van der Waals surface area contributed by atoms with Crippen molar-refractivity contribution in [3.8, 4) is 0 Å². The Bertz CT molecular complexity index is 394. The van der Waals surface area contributed by atoms with E-state index >= 15 is 0 Å². The first-order chi connectivity index (χ1) is 6.81. The van der Waals surface area contributed by atoms with E-state index in [9.17, 15) is 5.11 Å². The first kappa shape index (κ1) is 9.45. The molecule has 2 aromatic rings. The van der Waals surface area contributed by atoms with E-state index in [1.807, 2.05) is 12.1 Å². The fourth-order valence-electron chi connectivity index (χ4n) is 1.25. The van der Waals surface area contributed by atoms with Gasteiger partial charge in [-0.3, -0.25) is 0 Å². The minimum absolute atomic E-state index is 0.517. The van der Waals surface area contributed by atoms with Crippen molar-refractivity contribution in [3.63, 3.8) is 0 Å². The molecule has 2 heterocycles. The smallest absolute Gasteiger partial charge is 0.116 e. The van der Waals surface area contributed by atoms with Gasteiger partial charge in [-0.1, -0.05) is 0 Å². The van der Waals surface area contributed by atoms with Gasteiger partial charge in [0.15, 0.2) is 0 Å². The summed E-state index contributed by atoms with van der Waals surface area (Å²) < 4.78 is 4.91. The van der Waals surface area contributed by atoms with Crippen LogP contribution in [0.15, 0.2) is 35.1 Å². The Labute approximate surface area is 85.8 Å². The molecule has 0 radical (unpaired) electrons. The standard InChI is InChI=1S/C10H11NO2S/c11-5-8-1-2-9(14-8)10(12)7-3-4-13-6-7/h1-4,6,10,12H,5,11H2/t10-/m1/s1. The van der Waals surface area contributed by atoms with Gasteiger partial charge in [-0.25, -0.2) is 0 Å². The highest BCUT2D eigenvalue weighted by Gasteiger charge is 2.13. The molecule has 0 saturated carbocycles. The largest absolute Gasteiger partial charge is 0.472 e. The highest BCUT2D eigenvalue weighted by Crippen LogP contribution is 2.28. The van der Waals surface area contributed by atoms with Crippen LogP contribution in [0.1, 0.15) is 21.4 Å². The van der Waals surface area contributed by atoms with Crippen LogP contribution in [-0.2, 0) is 6.54 Å². The average molecular weight is 209 g/mol. The van der Waals surface area contributed by atoms with Gasteiger partial charge in [0.05, 0.1) is 12.5 Å². The topological polar surface area (TPSA) is 59.4 Å². The number of aliphatic hydroxyl groups is 1. The monoisotopic (exact) mass is 209 g/mol. The third-order valence-corrected chi connectivity index (χ3v) is 3.17. The van der Waals surface area contributed by atoms with E-state index < -0.39 is 6.10 Å². The molecule has 0 aromatic carbocycles. The Hall–Kier alpha value is -1.10. The molecule has 0 saturated heterocycles. The molecule has 0 amide bonds. The molecule has 0 unspecified atom stereocenters. The van der Waals surface area contributed by atoms with Crippen LogP contribution in [0.2, 0.25) is 0 Å². The fourth-order valence-corrected chi connectivity index (χ4v) is 2.15. The van der Waals surface area contributed by atoms with Crippen molar-refractivity contribution in [1.82, 2.24) is 0 Å². The summed E-state index contributed by atoms with van der Waals surface area (Å²) >= 11 is 1.52. The molecule has 3 N–H and O–H groups in total. The molecule has 2 aromatic heterocycles. The van der Waals surface area contributed by atoms with Gasteiger partial charge in [-0.05, 0) is 18.2 Å². The number of aliphatic hydroxyl groups excluding tert-OH is 1. The molecule has 4 heteroatoms. The Balaban J connectivity index is 2.23. The van der Waals surface area contributed by atoms with Crippen LogP contribution in [0, 0.1) is 0 Å². The summed E-state index contributed by atoms with van der Waals surface area (Å²) in [6.07, 6.45) is 2.50. The molecular formula is C10H11NO2S. The highest BCUT2D eigenvalue weighted by molar-refractivity contribution is 7.12. The molecular weight excluding hydrogens is 198 g/mol. The first-order valence-corrected chi connectivity index (χ1v) is 5.11. The molecule has 0 spiro atoms. The summed E-state index contributed by atoms with van der Waals surface area (Å²) in [6, 6.07) is 5.58. The van der Waals surface area contributed by atoms with Gasteiger partial charge in [0.2, 0.25) is 0 Å². The molecule has 0 fully saturated rings. The van der Waals surface area contributed by atoms with Gasteiger partial charge < -0.3 is 15.3 Å². The SMILES string of the molecule is NCc1ccc([C@H](O)c2ccoc2)s1. The minimum atomic E-state index is -0.598. The van der Waals surface area contributed by atoms with Crippen LogP contribution >= 0.6 is 11.3 Å². The summed E-state index contributed by atoms with van der Waals surface area (Å²) in [6.45, 7) is 0.517. The van der Waals surface area contributed by atoms with Crippen molar-refractivity contribution in [2.75, 3.05) is 0 Å². The van der Waals surface area contributed by atoms with Crippen molar-refractivity contribution >= 4 is 11.3 Å². The van der Waals surface area contributed by atoms with Gasteiger partial charge in [-0.2, -0.15) is 0 Å². The molecule has 1 atom stereocenters. The van der Waals surface area contributed by atoms with Crippen molar-refractivity contribution < 1.29 is 9.52 Å². The van der Waals surface area contributed by atoms with E-state index in [0.717, 1.165) is 15.3 Å². The lowest BCUT2D eigenvalue weighted by Gasteiger charge is -2.03. The van der Waals surface area contributed by atoms with Crippen LogP contribution in [0.4, 0.5) is 0 Å². The van der Waals surface area contributed by atoms with E-state index in [-0.39, 0.29) is 0 Å². The lowest BCUT2D eigenvalue weighted by Crippen LogP contribution is -1.94. The van der Waals surface area contributed by atoms with Gasteiger partial charge in [0.1, 0.15) is 6.10 Å². The quantitative estimate of drug-likeness (QED) is 0.811. The van der Waals surface area contributed by atoms with E-state index in [1.165, 1.54) is 11.3 Å². The van der Waals surface area contributed by atoms with Crippen molar-refractivity contribution in [2.24, 2.45) is 5.73 Å². The Morgan fingerprint density at radius 2 is 2.29 bits per heavy atom. The van der Waals surface area contributed by atoms with E-state index in [4.69, 9.17) is 10.2 Å². The summed E-state index contributed by atoms with van der Waals surface area (Å²) in [7, 11) is 0. The fraction of sp³-hybridized carbons (Fsp3) is 0.200. The number of hydrogen-bond donors (Lipinski definition) is 2. The van der Waals surface area contributed by atoms with Crippen molar-refractivity contribution in [2.45, 2.75) is 12.6 Å². The molecule has 3 nitrogen and oxygen atoms in total.